The van der Waals surface area contributed by atoms with Crippen LogP contribution in [0.5, 0.6) is 0 Å². The number of nitrogens with one attached hydrogen (secondary N) is 2. The Morgan fingerprint density at radius 1 is 1.44 bits per heavy atom. The van der Waals surface area contributed by atoms with Gasteiger partial charge in [0, 0.05) is 6.54 Å². The first kappa shape index (κ1) is 14.1. The zero-order chi connectivity index (χ0) is 13.5. The number of nitrogens with zero attached hydrogens (tertiary/aromatic N) is 1. The van der Waals surface area contributed by atoms with E-state index in [9.17, 15) is 14.0 Å². The topological polar surface area (TPSA) is 71.1 Å². The third-order valence-corrected chi connectivity index (χ3v) is 2.24. The Balaban J connectivity index is 2.56. The van der Waals surface area contributed by atoms with Crippen molar-refractivity contribution in [3.05, 3.63) is 29.8 Å². The minimum absolute atomic E-state index is 0.0508. The summed E-state index contributed by atoms with van der Waals surface area (Å²) < 4.78 is 12.8. The Bertz CT molecular complexity index is 437. The van der Waals surface area contributed by atoms with Crippen LogP contribution < -0.4 is 10.6 Å². The second-order valence-electron chi connectivity index (χ2n) is 3.83. The standard InChI is InChI=1S/C12H16FN3O2/c1-3-7-14-11(17)8(2)15-12(18)9-5-4-6-10(13)16-9/h4-6,8H,3,7H2,1-2H3,(H,14,17)(H,15,18). The molecule has 2 amide bonds. The van der Waals surface area contributed by atoms with Crippen molar-refractivity contribution in [2.45, 2.75) is 26.3 Å². The average molecular weight is 253 g/mol. The van der Waals surface area contributed by atoms with E-state index in [1.165, 1.54) is 12.1 Å². The Morgan fingerprint density at radius 3 is 2.78 bits per heavy atom. The molecular formula is C12H16FN3O2. The van der Waals surface area contributed by atoms with Crippen LogP contribution in [0.2, 0.25) is 0 Å². The molecule has 0 aromatic carbocycles. The van der Waals surface area contributed by atoms with E-state index in [-0.39, 0.29) is 11.6 Å². The monoisotopic (exact) mass is 253 g/mol. The lowest BCUT2D eigenvalue weighted by molar-refractivity contribution is -0.122. The average Bonchev–Trinajstić information content (AvgIpc) is 2.35. The molecule has 0 saturated carbocycles. The van der Waals surface area contributed by atoms with Crippen LogP contribution in [0.15, 0.2) is 18.2 Å². The largest absolute Gasteiger partial charge is 0.354 e. The maximum absolute atomic E-state index is 12.8. The molecule has 5 nitrogen and oxygen atoms in total. The molecule has 0 bridgehead atoms. The lowest BCUT2D eigenvalue weighted by Gasteiger charge is -2.13. The molecule has 0 spiro atoms. The number of hydrogen-bond donors (Lipinski definition) is 2. The summed E-state index contributed by atoms with van der Waals surface area (Å²) in [5.74, 6) is -1.58. The van der Waals surface area contributed by atoms with Crippen LogP contribution in [-0.4, -0.2) is 29.4 Å². The first-order chi connectivity index (χ1) is 8.54. The van der Waals surface area contributed by atoms with Crippen LogP contribution in [0.3, 0.4) is 0 Å². The molecule has 0 saturated heterocycles. The number of carbonyl (C=O) groups excluding carboxylic acids is 2. The van der Waals surface area contributed by atoms with Gasteiger partial charge in [0.15, 0.2) is 0 Å². The summed E-state index contributed by atoms with van der Waals surface area (Å²) in [5, 5.41) is 5.10. The summed E-state index contributed by atoms with van der Waals surface area (Å²) >= 11 is 0. The first-order valence-corrected chi connectivity index (χ1v) is 5.75. The maximum atomic E-state index is 12.8. The molecule has 98 valence electrons. The van der Waals surface area contributed by atoms with E-state index in [0.29, 0.717) is 6.54 Å². The lowest BCUT2D eigenvalue weighted by Crippen LogP contribution is -2.45. The highest BCUT2D eigenvalue weighted by Gasteiger charge is 2.16. The predicted molar refractivity (Wildman–Crippen MR) is 64.4 cm³/mol. The maximum Gasteiger partial charge on any atom is 0.270 e. The summed E-state index contributed by atoms with van der Waals surface area (Å²) in [6, 6.07) is 3.23. The molecule has 0 fully saturated rings. The molecule has 1 aromatic rings. The van der Waals surface area contributed by atoms with E-state index in [1.807, 2.05) is 6.92 Å². The molecular weight excluding hydrogens is 237 g/mol. The van der Waals surface area contributed by atoms with Crippen LogP contribution in [0.25, 0.3) is 0 Å². The van der Waals surface area contributed by atoms with Gasteiger partial charge in [-0.25, -0.2) is 4.98 Å². The summed E-state index contributed by atoms with van der Waals surface area (Å²) in [5.41, 5.74) is -0.0508. The fourth-order valence-electron chi connectivity index (χ4n) is 1.27. The lowest BCUT2D eigenvalue weighted by atomic mass is 10.2. The number of amides is 2. The third kappa shape index (κ3) is 4.12. The highest BCUT2D eigenvalue weighted by molar-refractivity contribution is 5.95. The van der Waals surface area contributed by atoms with Crippen LogP contribution in [0.1, 0.15) is 30.8 Å². The molecule has 18 heavy (non-hydrogen) atoms. The molecule has 6 heteroatoms. The minimum Gasteiger partial charge on any atom is -0.354 e. The SMILES string of the molecule is CCCNC(=O)C(C)NC(=O)c1cccc(F)n1. The van der Waals surface area contributed by atoms with Gasteiger partial charge in [-0.15, -0.1) is 0 Å². The molecule has 0 aliphatic carbocycles. The van der Waals surface area contributed by atoms with Crippen molar-refractivity contribution in [2.24, 2.45) is 0 Å². The molecule has 0 aliphatic rings. The molecule has 1 rings (SSSR count). The van der Waals surface area contributed by atoms with Crippen molar-refractivity contribution in [3.63, 3.8) is 0 Å². The zero-order valence-corrected chi connectivity index (χ0v) is 10.4. The molecule has 1 aromatic heterocycles. The summed E-state index contributed by atoms with van der Waals surface area (Å²) in [6.07, 6.45) is 0.817. The van der Waals surface area contributed by atoms with Gasteiger partial charge in [0.25, 0.3) is 5.91 Å². The zero-order valence-electron chi connectivity index (χ0n) is 10.4. The number of halogens is 1. The Kier molecular flexibility index (Phi) is 5.23. The Morgan fingerprint density at radius 2 is 2.17 bits per heavy atom. The summed E-state index contributed by atoms with van der Waals surface area (Å²) in [6.45, 7) is 4.04. The predicted octanol–water partition coefficient (Wildman–Crippen LogP) is 0.865. The van der Waals surface area contributed by atoms with Gasteiger partial charge in [-0.3, -0.25) is 9.59 Å². The van der Waals surface area contributed by atoms with E-state index >= 15 is 0 Å². The molecule has 0 radical (unpaired) electrons. The van der Waals surface area contributed by atoms with E-state index in [1.54, 1.807) is 6.92 Å². The number of aromatic nitrogens is 1. The number of carbonyl (C=O) groups is 2. The molecule has 1 atom stereocenters. The number of rotatable bonds is 5. The Labute approximate surface area is 105 Å². The third-order valence-electron chi connectivity index (χ3n) is 2.24. The second kappa shape index (κ2) is 6.68. The van der Waals surface area contributed by atoms with Gasteiger partial charge in [-0.1, -0.05) is 13.0 Å². The van der Waals surface area contributed by atoms with E-state index < -0.39 is 17.9 Å². The van der Waals surface area contributed by atoms with Gasteiger partial charge in [0.2, 0.25) is 11.9 Å². The Hall–Kier alpha value is -1.98. The van der Waals surface area contributed by atoms with Crippen molar-refractivity contribution in [3.8, 4) is 0 Å². The smallest absolute Gasteiger partial charge is 0.270 e. The van der Waals surface area contributed by atoms with Crippen molar-refractivity contribution >= 4 is 11.8 Å². The molecule has 2 N–H and O–H groups in total. The van der Waals surface area contributed by atoms with Crippen molar-refractivity contribution in [1.82, 2.24) is 15.6 Å². The van der Waals surface area contributed by atoms with Crippen molar-refractivity contribution < 1.29 is 14.0 Å². The van der Waals surface area contributed by atoms with Gasteiger partial charge < -0.3 is 10.6 Å². The van der Waals surface area contributed by atoms with Crippen LogP contribution in [0, 0.1) is 5.95 Å². The normalized spacial score (nSPS) is 11.7. The quantitative estimate of drug-likeness (QED) is 0.765. The fraction of sp³-hybridized carbons (Fsp3) is 0.417. The van der Waals surface area contributed by atoms with Gasteiger partial charge in [-0.2, -0.15) is 4.39 Å². The number of hydrogen-bond acceptors (Lipinski definition) is 3. The van der Waals surface area contributed by atoms with E-state index in [2.05, 4.69) is 15.6 Å². The van der Waals surface area contributed by atoms with E-state index in [4.69, 9.17) is 0 Å². The van der Waals surface area contributed by atoms with Gasteiger partial charge in [0.05, 0.1) is 0 Å². The highest BCUT2D eigenvalue weighted by atomic mass is 19.1. The molecule has 1 heterocycles. The first-order valence-electron chi connectivity index (χ1n) is 5.75. The van der Waals surface area contributed by atoms with Gasteiger partial charge in [-0.05, 0) is 25.5 Å². The second-order valence-corrected chi connectivity index (χ2v) is 3.83. The minimum atomic E-state index is -0.731. The van der Waals surface area contributed by atoms with E-state index in [0.717, 1.165) is 12.5 Å². The van der Waals surface area contributed by atoms with Crippen molar-refractivity contribution in [2.75, 3.05) is 6.54 Å². The van der Waals surface area contributed by atoms with Crippen LogP contribution >= 0.6 is 0 Å². The highest BCUT2D eigenvalue weighted by Crippen LogP contribution is 1.98. The molecule has 1 unspecified atom stereocenters. The van der Waals surface area contributed by atoms with Crippen LogP contribution in [-0.2, 0) is 4.79 Å². The molecule has 0 aliphatic heterocycles. The summed E-state index contributed by atoms with van der Waals surface area (Å²) in [4.78, 5) is 26.6. The number of pyridine rings is 1. The summed E-state index contributed by atoms with van der Waals surface area (Å²) in [7, 11) is 0. The van der Waals surface area contributed by atoms with Crippen molar-refractivity contribution in [1.29, 1.82) is 0 Å². The van der Waals surface area contributed by atoms with Gasteiger partial charge in [0.1, 0.15) is 11.7 Å². The fourth-order valence-corrected chi connectivity index (χ4v) is 1.27. The van der Waals surface area contributed by atoms with Crippen LogP contribution in [0.4, 0.5) is 4.39 Å². The van der Waals surface area contributed by atoms with Gasteiger partial charge >= 0.3 is 0 Å².